The molecule has 3 rings (SSSR count). The van der Waals surface area contributed by atoms with E-state index < -0.39 is 35.8 Å². The summed E-state index contributed by atoms with van der Waals surface area (Å²) in [6, 6.07) is 3.30. The molecule has 1 aromatic carbocycles. The number of hydrogen-bond acceptors (Lipinski definition) is 10. The third-order valence-electron chi connectivity index (χ3n) is 6.14. The van der Waals surface area contributed by atoms with Crippen LogP contribution in [0.3, 0.4) is 0 Å². The summed E-state index contributed by atoms with van der Waals surface area (Å²) in [5.41, 5.74) is -0.585. The van der Waals surface area contributed by atoms with Gasteiger partial charge < -0.3 is 38.4 Å². The first-order valence-corrected chi connectivity index (χ1v) is 11.4. The van der Waals surface area contributed by atoms with Gasteiger partial charge in [-0.1, -0.05) is 23.9 Å². The van der Waals surface area contributed by atoms with E-state index in [9.17, 15) is 15.0 Å². The molecule has 5 atom stereocenters. The number of aliphatic hydroxyl groups excluding tert-OH is 2. The fraction of sp³-hybridized carbons (Fsp3) is 0.462. The number of methoxy groups -OCH3 is 1. The topological polar surface area (TPSA) is 129 Å². The summed E-state index contributed by atoms with van der Waals surface area (Å²) in [5, 5.41) is 25.7. The molecule has 1 saturated heterocycles. The molecule has 2 heterocycles. The Balaban J connectivity index is 2.08. The number of ether oxygens (including phenoxy) is 4. The highest BCUT2D eigenvalue weighted by atomic mass is 16.7. The van der Waals surface area contributed by atoms with Crippen LogP contribution in [0.25, 0.3) is 11.0 Å². The lowest BCUT2D eigenvalue weighted by molar-refractivity contribution is -0.310. The normalized spacial score (nSPS) is 26.5. The second-order valence-corrected chi connectivity index (χ2v) is 8.67. The monoisotopic (exact) mass is 503 g/mol. The minimum atomic E-state index is -1.41. The van der Waals surface area contributed by atoms with Gasteiger partial charge in [0.25, 0.3) is 0 Å². The average molecular weight is 504 g/mol. The summed E-state index contributed by atoms with van der Waals surface area (Å²) in [6.45, 7) is 12.6. The Morgan fingerprint density at radius 1 is 1.22 bits per heavy atom. The van der Waals surface area contributed by atoms with E-state index in [0.717, 1.165) is 0 Å². The van der Waals surface area contributed by atoms with Gasteiger partial charge in [0.2, 0.25) is 6.29 Å². The van der Waals surface area contributed by atoms with Crippen molar-refractivity contribution in [3.63, 3.8) is 0 Å². The predicted molar refractivity (Wildman–Crippen MR) is 134 cm³/mol. The molecule has 0 aliphatic carbocycles. The highest BCUT2D eigenvalue weighted by Crippen LogP contribution is 2.38. The molecule has 1 aliphatic rings. The lowest BCUT2D eigenvalue weighted by atomic mass is 9.85. The second-order valence-electron chi connectivity index (χ2n) is 8.67. The molecule has 0 amide bonds. The summed E-state index contributed by atoms with van der Waals surface area (Å²) < 4.78 is 28.9. The molecular weight excluding hydrogens is 470 g/mol. The second kappa shape index (κ2) is 11.3. The molecule has 0 radical (unpaired) electrons. The Kier molecular flexibility index (Phi) is 8.57. The lowest BCUT2D eigenvalue weighted by Crippen LogP contribution is -2.64. The SMILES string of the molecule is C=CCOc1c(/C(C)=N/OC)c(=O)oc2c(C)c(OC3O[C@@](C)(CC=C)C(OC)C(O)C3O)ccc12. The Morgan fingerprint density at radius 3 is 2.56 bits per heavy atom. The molecule has 1 aliphatic heterocycles. The van der Waals surface area contributed by atoms with Crippen molar-refractivity contribution >= 4 is 16.7 Å². The third-order valence-corrected chi connectivity index (χ3v) is 6.14. The summed E-state index contributed by atoms with van der Waals surface area (Å²) in [4.78, 5) is 17.8. The third kappa shape index (κ3) is 5.03. The number of aliphatic hydroxyl groups is 2. The number of fused-ring (bicyclic) bond motifs is 1. The zero-order valence-corrected chi connectivity index (χ0v) is 21.1. The Bertz CT molecular complexity index is 1200. The molecule has 2 aromatic rings. The van der Waals surface area contributed by atoms with Crippen molar-refractivity contribution in [3.05, 3.63) is 59.0 Å². The van der Waals surface area contributed by atoms with Crippen molar-refractivity contribution in [3.8, 4) is 11.5 Å². The molecule has 1 aromatic heterocycles. The van der Waals surface area contributed by atoms with Crippen LogP contribution in [0.5, 0.6) is 11.5 Å². The van der Waals surface area contributed by atoms with Gasteiger partial charge in [-0.05, 0) is 39.3 Å². The first kappa shape index (κ1) is 27.4. The van der Waals surface area contributed by atoms with Crippen LogP contribution in [0.1, 0.15) is 31.4 Å². The molecule has 2 N–H and O–H groups in total. The number of benzene rings is 1. The van der Waals surface area contributed by atoms with Gasteiger partial charge in [-0.25, -0.2) is 4.79 Å². The Morgan fingerprint density at radius 2 is 1.94 bits per heavy atom. The van der Waals surface area contributed by atoms with Gasteiger partial charge >= 0.3 is 5.63 Å². The van der Waals surface area contributed by atoms with Gasteiger partial charge in [-0.2, -0.15) is 0 Å². The van der Waals surface area contributed by atoms with Crippen LogP contribution in [0.4, 0.5) is 0 Å². The molecule has 1 fully saturated rings. The van der Waals surface area contributed by atoms with E-state index in [4.69, 9.17) is 28.2 Å². The first-order valence-electron chi connectivity index (χ1n) is 11.4. The molecular formula is C26H33NO9. The molecule has 0 saturated carbocycles. The van der Waals surface area contributed by atoms with Crippen LogP contribution in [0.15, 0.2) is 51.8 Å². The summed E-state index contributed by atoms with van der Waals surface area (Å²) in [7, 11) is 2.80. The van der Waals surface area contributed by atoms with Gasteiger partial charge in [-0.15, -0.1) is 6.58 Å². The first-order chi connectivity index (χ1) is 17.1. The largest absolute Gasteiger partial charge is 0.488 e. The highest BCUT2D eigenvalue weighted by Gasteiger charge is 2.52. The van der Waals surface area contributed by atoms with Crippen LogP contribution in [0, 0.1) is 6.92 Å². The number of hydrogen-bond donors (Lipinski definition) is 2. The molecule has 0 bridgehead atoms. The predicted octanol–water partition coefficient (Wildman–Crippen LogP) is 2.84. The number of rotatable bonds is 10. The molecule has 10 nitrogen and oxygen atoms in total. The van der Waals surface area contributed by atoms with Crippen molar-refractivity contribution in [2.24, 2.45) is 5.16 Å². The Hall–Kier alpha value is -3.18. The van der Waals surface area contributed by atoms with Crippen LogP contribution in [-0.4, -0.2) is 67.0 Å². The van der Waals surface area contributed by atoms with E-state index in [1.165, 1.54) is 14.2 Å². The molecule has 196 valence electrons. The van der Waals surface area contributed by atoms with E-state index in [1.54, 1.807) is 45.1 Å². The van der Waals surface area contributed by atoms with E-state index in [1.807, 2.05) is 0 Å². The fourth-order valence-electron chi connectivity index (χ4n) is 4.43. The molecule has 4 unspecified atom stereocenters. The summed E-state index contributed by atoms with van der Waals surface area (Å²) in [6.07, 6.45) is -1.18. The van der Waals surface area contributed by atoms with Crippen molar-refractivity contribution < 1.29 is 38.4 Å². The number of aryl methyl sites for hydroxylation is 1. The molecule has 10 heteroatoms. The standard InChI is InChI=1S/C26H33NO9/c1-8-12-26(5)23(31-6)19(28)20(29)25(36-26)34-17-11-10-16-21(14(17)3)35-24(30)18(15(4)27-32-7)22(16)33-13-9-2/h8-11,19-20,23,25,28-29H,1-2,12-13H2,3-7H3/b27-15+/t19?,20?,23?,25?,26-/m0/s1. The summed E-state index contributed by atoms with van der Waals surface area (Å²) >= 11 is 0. The lowest BCUT2D eigenvalue weighted by Gasteiger charge is -2.48. The van der Waals surface area contributed by atoms with Gasteiger partial charge in [-0.3, -0.25) is 0 Å². The zero-order valence-electron chi connectivity index (χ0n) is 21.1. The zero-order chi connectivity index (χ0) is 26.6. The number of oxime groups is 1. The quantitative estimate of drug-likeness (QED) is 0.218. The van der Waals surface area contributed by atoms with Crippen molar-refractivity contribution in [2.45, 2.75) is 57.4 Å². The van der Waals surface area contributed by atoms with Crippen molar-refractivity contribution in [1.82, 2.24) is 0 Å². The highest BCUT2D eigenvalue weighted by molar-refractivity contribution is 6.05. The van der Waals surface area contributed by atoms with Crippen molar-refractivity contribution in [2.75, 3.05) is 20.8 Å². The van der Waals surface area contributed by atoms with Gasteiger partial charge in [0, 0.05) is 12.7 Å². The van der Waals surface area contributed by atoms with Gasteiger partial charge in [0.05, 0.1) is 11.1 Å². The Labute approximate surface area is 209 Å². The van der Waals surface area contributed by atoms with Crippen LogP contribution >= 0.6 is 0 Å². The maximum atomic E-state index is 12.9. The number of nitrogens with zero attached hydrogens (tertiary/aromatic N) is 1. The smallest absolute Gasteiger partial charge is 0.349 e. The molecule has 0 spiro atoms. The summed E-state index contributed by atoms with van der Waals surface area (Å²) in [5.74, 6) is 0.545. The minimum absolute atomic E-state index is 0.124. The van der Waals surface area contributed by atoms with Crippen LogP contribution in [0.2, 0.25) is 0 Å². The fourth-order valence-corrected chi connectivity index (χ4v) is 4.43. The maximum absolute atomic E-state index is 12.9. The van der Waals surface area contributed by atoms with Crippen molar-refractivity contribution in [1.29, 1.82) is 0 Å². The van der Waals surface area contributed by atoms with E-state index >= 15 is 0 Å². The average Bonchev–Trinajstić information content (AvgIpc) is 2.83. The van der Waals surface area contributed by atoms with Gasteiger partial charge in [0.1, 0.15) is 60.3 Å². The van der Waals surface area contributed by atoms with Crippen LogP contribution in [-0.2, 0) is 14.3 Å². The van der Waals surface area contributed by atoms with E-state index in [2.05, 4.69) is 18.3 Å². The van der Waals surface area contributed by atoms with E-state index in [0.29, 0.717) is 17.4 Å². The van der Waals surface area contributed by atoms with Crippen LogP contribution < -0.4 is 15.1 Å². The molecule has 36 heavy (non-hydrogen) atoms. The minimum Gasteiger partial charge on any atom is -0.488 e. The van der Waals surface area contributed by atoms with E-state index in [-0.39, 0.29) is 35.0 Å². The maximum Gasteiger partial charge on any atom is 0.349 e. The van der Waals surface area contributed by atoms with Gasteiger partial charge in [0.15, 0.2) is 0 Å².